The van der Waals surface area contributed by atoms with Crippen molar-refractivity contribution in [3.05, 3.63) is 60.2 Å². The Hall–Kier alpha value is -3.39. The number of carbonyl (C=O) groups is 3. The summed E-state index contributed by atoms with van der Waals surface area (Å²) < 4.78 is 5.18. The van der Waals surface area contributed by atoms with Crippen LogP contribution >= 0.6 is 0 Å². The van der Waals surface area contributed by atoms with Crippen LogP contribution in [-0.2, 0) is 20.8 Å². The Morgan fingerprint density at radius 3 is 2.35 bits per heavy atom. The van der Waals surface area contributed by atoms with Crippen molar-refractivity contribution < 1.29 is 19.1 Å². The van der Waals surface area contributed by atoms with Crippen LogP contribution in [0.15, 0.2) is 54.6 Å². The topological polar surface area (TPSA) is 96.2 Å². The standard InChI is InChI=1S/C26H34N4O4/c1-34-23-11-8-21(9-12-23)10-13-25(32)29-16-5-15-28(18-19-29)20-26(33)30(17-14-24(27)31)22-6-3-2-4-7-22/h2-4,6-9,11-12H,5,10,13-20H2,1H3,(H2,27,31). The summed E-state index contributed by atoms with van der Waals surface area (Å²) in [7, 11) is 1.63. The first-order chi connectivity index (χ1) is 16.5. The number of rotatable bonds is 10. The van der Waals surface area contributed by atoms with Gasteiger partial charge in [0, 0.05) is 51.3 Å². The van der Waals surface area contributed by atoms with Crippen LogP contribution in [0.3, 0.4) is 0 Å². The number of para-hydroxylation sites is 1. The second-order valence-corrected chi connectivity index (χ2v) is 8.46. The third-order valence-corrected chi connectivity index (χ3v) is 6.04. The minimum Gasteiger partial charge on any atom is -0.497 e. The Morgan fingerprint density at radius 2 is 1.68 bits per heavy atom. The summed E-state index contributed by atoms with van der Waals surface area (Å²) in [5.41, 5.74) is 7.17. The Bertz CT molecular complexity index is 949. The SMILES string of the molecule is COc1ccc(CCC(=O)N2CCCN(CC(=O)N(CCC(N)=O)c3ccccc3)CC2)cc1. The largest absolute Gasteiger partial charge is 0.497 e. The maximum Gasteiger partial charge on any atom is 0.241 e. The smallest absolute Gasteiger partial charge is 0.241 e. The minimum atomic E-state index is -0.438. The molecular formula is C26H34N4O4. The maximum absolute atomic E-state index is 13.1. The maximum atomic E-state index is 13.1. The molecule has 0 bridgehead atoms. The quantitative estimate of drug-likeness (QED) is 0.578. The van der Waals surface area contributed by atoms with Crippen LogP contribution < -0.4 is 15.4 Å². The van der Waals surface area contributed by atoms with Gasteiger partial charge in [-0.05, 0) is 42.7 Å². The predicted molar refractivity (Wildman–Crippen MR) is 132 cm³/mol. The minimum absolute atomic E-state index is 0.0771. The van der Waals surface area contributed by atoms with Crippen LogP contribution in [0.25, 0.3) is 0 Å². The Labute approximate surface area is 201 Å². The average Bonchev–Trinajstić information content (AvgIpc) is 3.09. The van der Waals surface area contributed by atoms with Gasteiger partial charge < -0.3 is 20.3 Å². The highest BCUT2D eigenvalue weighted by Crippen LogP contribution is 2.16. The molecule has 0 aliphatic carbocycles. The lowest BCUT2D eigenvalue weighted by Crippen LogP contribution is -2.43. The van der Waals surface area contributed by atoms with E-state index in [4.69, 9.17) is 10.5 Å². The number of anilines is 1. The molecule has 3 amide bonds. The number of aryl methyl sites for hydroxylation is 1. The molecule has 34 heavy (non-hydrogen) atoms. The molecule has 0 saturated carbocycles. The van der Waals surface area contributed by atoms with E-state index in [9.17, 15) is 14.4 Å². The van der Waals surface area contributed by atoms with Gasteiger partial charge in [-0.3, -0.25) is 19.3 Å². The molecule has 1 saturated heterocycles. The molecule has 0 atom stereocenters. The zero-order valence-corrected chi connectivity index (χ0v) is 19.8. The van der Waals surface area contributed by atoms with Gasteiger partial charge in [0.1, 0.15) is 5.75 Å². The van der Waals surface area contributed by atoms with Crippen molar-refractivity contribution >= 4 is 23.4 Å². The van der Waals surface area contributed by atoms with Gasteiger partial charge in [-0.2, -0.15) is 0 Å². The van der Waals surface area contributed by atoms with Gasteiger partial charge in [0.05, 0.1) is 13.7 Å². The van der Waals surface area contributed by atoms with E-state index in [0.29, 0.717) is 32.5 Å². The Balaban J connectivity index is 1.51. The van der Waals surface area contributed by atoms with Crippen molar-refractivity contribution in [2.45, 2.75) is 25.7 Å². The van der Waals surface area contributed by atoms with E-state index in [-0.39, 0.29) is 31.3 Å². The summed E-state index contributed by atoms with van der Waals surface area (Å²) in [5.74, 6) is 0.424. The fourth-order valence-electron chi connectivity index (χ4n) is 4.08. The van der Waals surface area contributed by atoms with Crippen LogP contribution in [0, 0.1) is 0 Å². The average molecular weight is 467 g/mol. The van der Waals surface area contributed by atoms with E-state index in [1.807, 2.05) is 59.5 Å². The third kappa shape index (κ3) is 7.59. The monoisotopic (exact) mass is 466 g/mol. The summed E-state index contributed by atoms with van der Waals surface area (Å²) >= 11 is 0. The van der Waals surface area contributed by atoms with Crippen molar-refractivity contribution in [1.29, 1.82) is 0 Å². The normalized spacial score (nSPS) is 14.3. The van der Waals surface area contributed by atoms with Gasteiger partial charge >= 0.3 is 0 Å². The van der Waals surface area contributed by atoms with Crippen molar-refractivity contribution in [2.75, 3.05) is 51.3 Å². The molecule has 8 nitrogen and oxygen atoms in total. The number of nitrogens with zero attached hydrogens (tertiary/aromatic N) is 3. The van der Waals surface area contributed by atoms with Crippen molar-refractivity contribution in [3.8, 4) is 5.75 Å². The third-order valence-electron chi connectivity index (χ3n) is 6.04. The molecule has 0 spiro atoms. The molecule has 2 N–H and O–H groups in total. The molecular weight excluding hydrogens is 432 g/mol. The van der Waals surface area contributed by atoms with E-state index in [0.717, 1.165) is 30.0 Å². The zero-order chi connectivity index (χ0) is 24.3. The van der Waals surface area contributed by atoms with Crippen molar-refractivity contribution in [2.24, 2.45) is 5.73 Å². The number of nitrogens with two attached hydrogens (primary N) is 1. The van der Waals surface area contributed by atoms with E-state index in [2.05, 4.69) is 4.90 Å². The number of carbonyl (C=O) groups excluding carboxylic acids is 3. The van der Waals surface area contributed by atoms with Gasteiger partial charge in [-0.1, -0.05) is 30.3 Å². The van der Waals surface area contributed by atoms with Crippen LogP contribution in [0.2, 0.25) is 0 Å². The fourth-order valence-corrected chi connectivity index (χ4v) is 4.08. The molecule has 0 unspecified atom stereocenters. The predicted octanol–water partition coefficient (Wildman–Crippen LogP) is 2.07. The molecule has 1 aliphatic heterocycles. The number of methoxy groups -OCH3 is 1. The van der Waals surface area contributed by atoms with E-state index in [1.54, 1.807) is 12.0 Å². The first-order valence-electron chi connectivity index (χ1n) is 11.7. The van der Waals surface area contributed by atoms with Crippen molar-refractivity contribution in [3.63, 3.8) is 0 Å². The first-order valence-corrected chi connectivity index (χ1v) is 11.7. The highest BCUT2D eigenvalue weighted by atomic mass is 16.5. The lowest BCUT2D eigenvalue weighted by atomic mass is 10.1. The lowest BCUT2D eigenvalue weighted by Gasteiger charge is -2.27. The Kier molecular flexibility index (Phi) is 9.46. The van der Waals surface area contributed by atoms with E-state index < -0.39 is 5.91 Å². The fraction of sp³-hybridized carbons (Fsp3) is 0.423. The van der Waals surface area contributed by atoms with Crippen molar-refractivity contribution in [1.82, 2.24) is 9.80 Å². The van der Waals surface area contributed by atoms with Crippen LogP contribution in [0.5, 0.6) is 5.75 Å². The summed E-state index contributed by atoms with van der Waals surface area (Å²) in [6, 6.07) is 17.1. The molecule has 182 valence electrons. The van der Waals surface area contributed by atoms with Gasteiger partial charge in [0.2, 0.25) is 17.7 Å². The Morgan fingerprint density at radius 1 is 0.941 bits per heavy atom. The highest BCUT2D eigenvalue weighted by Gasteiger charge is 2.23. The highest BCUT2D eigenvalue weighted by molar-refractivity contribution is 5.95. The van der Waals surface area contributed by atoms with Crippen LogP contribution in [0.4, 0.5) is 5.69 Å². The van der Waals surface area contributed by atoms with Gasteiger partial charge in [0.25, 0.3) is 0 Å². The molecule has 1 aliphatic rings. The second-order valence-electron chi connectivity index (χ2n) is 8.46. The summed E-state index contributed by atoms with van der Waals surface area (Å²) in [6.07, 6.45) is 2.07. The summed E-state index contributed by atoms with van der Waals surface area (Å²) in [6.45, 7) is 3.16. The lowest BCUT2D eigenvalue weighted by molar-refractivity contribution is -0.131. The molecule has 3 rings (SSSR count). The number of primary amides is 1. The molecule has 0 aromatic heterocycles. The van der Waals surface area contributed by atoms with Crippen LogP contribution in [-0.4, -0.2) is 73.9 Å². The summed E-state index contributed by atoms with van der Waals surface area (Å²) in [5, 5.41) is 0. The van der Waals surface area contributed by atoms with Crippen LogP contribution in [0.1, 0.15) is 24.8 Å². The molecule has 1 fully saturated rings. The molecule has 2 aromatic rings. The number of hydrogen-bond acceptors (Lipinski definition) is 5. The molecule has 0 radical (unpaired) electrons. The van der Waals surface area contributed by atoms with E-state index in [1.165, 1.54) is 0 Å². The van der Waals surface area contributed by atoms with Gasteiger partial charge in [0.15, 0.2) is 0 Å². The molecule has 8 heteroatoms. The second kappa shape index (κ2) is 12.7. The first kappa shape index (κ1) is 25.2. The summed E-state index contributed by atoms with van der Waals surface area (Å²) in [4.78, 5) is 42.8. The molecule has 2 aromatic carbocycles. The molecule has 1 heterocycles. The van der Waals surface area contributed by atoms with Gasteiger partial charge in [-0.15, -0.1) is 0 Å². The zero-order valence-electron chi connectivity index (χ0n) is 19.8. The van der Waals surface area contributed by atoms with Gasteiger partial charge in [-0.25, -0.2) is 0 Å². The number of amides is 3. The number of hydrogen-bond donors (Lipinski definition) is 1. The number of benzene rings is 2. The number of ether oxygens (including phenoxy) is 1. The van der Waals surface area contributed by atoms with E-state index >= 15 is 0 Å².